The fourth-order valence-corrected chi connectivity index (χ4v) is 1.81. The molecule has 0 saturated heterocycles. The van der Waals surface area contributed by atoms with Crippen molar-refractivity contribution in [2.45, 2.75) is 32.6 Å². The molecule has 0 aliphatic rings. The van der Waals surface area contributed by atoms with Gasteiger partial charge in [-0.15, -0.1) is 0 Å². The average Bonchev–Trinajstić information content (AvgIpc) is 2.45. The van der Waals surface area contributed by atoms with Crippen molar-refractivity contribution < 1.29 is 14.2 Å². The van der Waals surface area contributed by atoms with E-state index < -0.39 is 0 Å². The standard InChI is InChI=1S/C17H29NO3/c1-17(2,3)15-5-7-16(8-6-15)21-11-4-10-19-13-14-20-12-9-18/h5-8H,4,9-14,18H2,1-3H3. The van der Waals surface area contributed by atoms with Gasteiger partial charge in [0.15, 0.2) is 0 Å². The van der Waals surface area contributed by atoms with Crippen LogP contribution in [0.25, 0.3) is 0 Å². The lowest BCUT2D eigenvalue weighted by Crippen LogP contribution is -2.13. The van der Waals surface area contributed by atoms with E-state index in [2.05, 4.69) is 32.9 Å². The lowest BCUT2D eigenvalue weighted by atomic mass is 9.87. The predicted octanol–water partition coefficient (Wildman–Crippen LogP) is 2.74. The maximum atomic E-state index is 5.69. The third kappa shape index (κ3) is 8.05. The fraction of sp³-hybridized carbons (Fsp3) is 0.647. The molecule has 2 N–H and O–H groups in total. The molecule has 1 aromatic rings. The van der Waals surface area contributed by atoms with Gasteiger partial charge in [-0.2, -0.15) is 0 Å². The van der Waals surface area contributed by atoms with Crippen LogP contribution in [0.2, 0.25) is 0 Å². The van der Waals surface area contributed by atoms with Gasteiger partial charge in [0, 0.05) is 19.6 Å². The first-order valence-electron chi connectivity index (χ1n) is 7.63. The van der Waals surface area contributed by atoms with E-state index in [1.54, 1.807) is 0 Å². The van der Waals surface area contributed by atoms with Crippen LogP contribution in [0.15, 0.2) is 24.3 Å². The molecule has 0 aliphatic carbocycles. The molecular weight excluding hydrogens is 266 g/mol. The van der Waals surface area contributed by atoms with Crippen LogP contribution in [-0.4, -0.2) is 39.6 Å². The Hall–Kier alpha value is -1.10. The largest absolute Gasteiger partial charge is 0.494 e. The van der Waals surface area contributed by atoms with E-state index in [-0.39, 0.29) is 5.41 Å². The molecule has 1 rings (SSSR count). The van der Waals surface area contributed by atoms with Crippen LogP contribution in [-0.2, 0) is 14.9 Å². The molecule has 0 spiro atoms. The summed E-state index contributed by atoms with van der Waals surface area (Å²) >= 11 is 0. The molecule has 0 heterocycles. The summed E-state index contributed by atoms with van der Waals surface area (Å²) in [5, 5.41) is 0. The van der Waals surface area contributed by atoms with E-state index in [9.17, 15) is 0 Å². The highest BCUT2D eigenvalue weighted by Gasteiger charge is 2.12. The third-order valence-electron chi connectivity index (χ3n) is 3.06. The minimum Gasteiger partial charge on any atom is -0.494 e. The van der Waals surface area contributed by atoms with Gasteiger partial charge in [0.1, 0.15) is 5.75 Å². The van der Waals surface area contributed by atoms with Gasteiger partial charge in [0.05, 0.1) is 26.4 Å². The predicted molar refractivity (Wildman–Crippen MR) is 85.9 cm³/mol. The monoisotopic (exact) mass is 295 g/mol. The number of hydrogen-bond donors (Lipinski definition) is 1. The molecule has 0 saturated carbocycles. The molecule has 0 aromatic heterocycles. The van der Waals surface area contributed by atoms with E-state index in [1.165, 1.54) is 5.56 Å². The van der Waals surface area contributed by atoms with Gasteiger partial charge in [0.25, 0.3) is 0 Å². The first-order chi connectivity index (χ1) is 10.0. The summed E-state index contributed by atoms with van der Waals surface area (Å²) < 4.78 is 16.3. The van der Waals surface area contributed by atoms with Crippen LogP contribution >= 0.6 is 0 Å². The lowest BCUT2D eigenvalue weighted by Gasteiger charge is -2.19. The maximum Gasteiger partial charge on any atom is 0.119 e. The van der Waals surface area contributed by atoms with Crippen LogP contribution < -0.4 is 10.5 Å². The number of ether oxygens (including phenoxy) is 3. The zero-order valence-corrected chi connectivity index (χ0v) is 13.6. The van der Waals surface area contributed by atoms with Crippen molar-refractivity contribution in [1.29, 1.82) is 0 Å². The number of nitrogens with two attached hydrogens (primary N) is 1. The van der Waals surface area contributed by atoms with Crippen LogP contribution in [0.5, 0.6) is 5.75 Å². The number of benzene rings is 1. The Balaban J connectivity index is 2.08. The van der Waals surface area contributed by atoms with Gasteiger partial charge in [-0.3, -0.25) is 0 Å². The van der Waals surface area contributed by atoms with Gasteiger partial charge in [-0.25, -0.2) is 0 Å². The number of hydrogen-bond acceptors (Lipinski definition) is 4. The van der Waals surface area contributed by atoms with Crippen molar-refractivity contribution in [2.75, 3.05) is 39.6 Å². The molecular formula is C17H29NO3. The highest BCUT2D eigenvalue weighted by atomic mass is 16.5. The van der Waals surface area contributed by atoms with Gasteiger partial charge < -0.3 is 19.9 Å². The molecule has 4 heteroatoms. The van der Waals surface area contributed by atoms with E-state index in [0.29, 0.717) is 39.6 Å². The summed E-state index contributed by atoms with van der Waals surface area (Å²) in [6.07, 6.45) is 0.873. The number of rotatable bonds is 10. The topological polar surface area (TPSA) is 53.7 Å². The SMILES string of the molecule is CC(C)(C)c1ccc(OCCCOCCOCCN)cc1. The van der Waals surface area contributed by atoms with Gasteiger partial charge in [0.2, 0.25) is 0 Å². The first kappa shape index (κ1) is 18.0. The molecule has 0 radical (unpaired) electrons. The Morgan fingerprint density at radius 1 is 0.857 bits per heavy atom. The molecule has 0 amide bonds. The van der Waals surface area contributed by atoms with Crippen molar-refractivity contribution in [3.05, 3.63) is 29.8 Å². The van der Waals surface area contributed by atoms with Crippen molar-refractivity contribution in [3.63, 3.8) is 0 Å². The smallest absolute Gasteiger partial charge is 0.119 e. The summed E-state index contributed by atoms with van der Waals surface area (Å²) in [5.41, 5.74) is 6.81. The van der Waals surface area contributed by atoms with E-state index in [4.69, 9.17) is 19.9 Å². The zero-order valence-electron chi connectivity index (χ0n) is 13.6. The Bertz CT molecular complexity index is 371. The molecule has 0 unspecified atom stereocenters. The molecule has 120 valence electrons. The van der Waals surface area contributed by atoms with E-state index in [1.807, 2.05) is 12.1 Å². The summed E-state index contributed by atoms with van der Waals surface area (Å²) in [7, 11) is 0. The van der Waals surface area contributed by atoms with Crippen LogP contribution in [0.4, 0.5) is 0 Å². The van der Waals surface area contributed by atoms with Crippen LogP contribution in [0.1, 0.15) is 32.8 Å². The van der Waals surface area contributed by atoms with Crippen molar-refractivity contribution >= 4 is 0 Å². The van der Waals surface area contributed by atoms with Gasteiger partial charge in [-0.1, -0.05) is 32.9 Å². The fourth-order valence-electron chi connectivity index (χ4n) is 1.81. The Kier molecular flexibility index (Phi) is 8.35. The third-order valence-corrected chi connectivity index (χ3v) is 3.06. The van der Waals surface area contributed by atoms with Crippen LogP contribution in [0, 0.1) is 0 Å². The average molecular weight is 295 g/mol. The summed E-state index contributed by atoms with van der Waals surface area (Å²) in [4.78, 5) is 0. The normalized spacial score (nSPS) is 11.6. The summed E-state index contributed by atoms with van der Waals surface area (Å²) in [6, 6.07) is 8.31. The first-order valence-corrected chi connectivity index (χ1v) is 7.63. The van der Waals surface area contributed by atoms with Crippen molar-refractivity contribution in [1.82, 2.24) is 0 Å². The minimum absolute atomic E-state index is 0.179. The molecule has 21 heavy (non-hydrogen) atoms. The van der Waals surface area contributed by atoms with E-state index >= 15 is 0 Å². The second-order valence-corrected chi connectivity index (χ2v) is 5.99. The molecule has 4 nitrogen and oxygen atoms in total. The van der Waals surface area contributed by atoms with Crippen molar-refractivity contribution in [3.8, 4) is 5.75 Å². The minimum atomic E-state index is 0.179. The molecule has 0 bridgehead atoms. The second-order valence-electron chi connectivity index (χ2n) is 5.99. The molecule has 0 fully saturated rings. The Morgan fingerprint density at radius 3 is 2.05 bits per heavy atom. The molecule has 0 atom stereocenters. The molecule has 0 aliphatic heterocycles. The molecule has 1 aromatic carbocycles. The summed E-state index contributed by atoms with van der Waals surface area (Å²) in [5.74, 6) is 0.911. The Labute approximate surface area is 128 Å². The second kappa shape index (κ2) is 9.77. The van der Waals surface area contributed by atoms with Gasteiger partial charge >= 0.3 is 0 Å². The highest BCUT2D eigenvalue weighted by Crippen LogP contribution is 2.24. The summed E-state index contributed by atoms with van der Waals surface area (Å²) in [6.45, 7) is 10.3. The Morgan fingerprint density at radius 2 is 1.48 bits per heavy atom. The lowest BCUT2D eigenvalue weighted by molar-refractivity contribution is 0.0463. The van der Waals surface area contributed by atoms with Crippen LogP contribution in [0.3, 0.4) is 0 Å². The van der Waals surface area contributed by atoms with Gasteiger partial charge in [-0.05, 0) is 23.1 Å². The quantitative estimate of drug-likeness (QED) is 0.674. The zero-order chi connectivity index (χ0) is 15.6. The van der Waals surface area contributed by atoms with E-state index in [0.717, 1.165) is 12.2 Å². The highest BCUT2D eigenvalue weighted by molar-refractivity contribution is 5.31. The van der Waals surface area contributed by atoms with Crippen molar-refractivity contribution in [2.24, 2.45) is 5.73 Å². The maximum absolute atomic E-state index is 5.69.